The molecule has 1 aliphatic carbocycles. The molecule has 0 saturated carbocycles. The van der Waals surface area contributed by atoms with Crippen LogP contribution in [0.2, 0.25) is 0 Å². The Balaban J connectivity index is 1.36. The molecular weight excluding hydrogens is 577 g/mol. The van der Waals surface area contributed by atoms with Crippen LogP contribution < -0.4 is 0 Å². The lowest BCUT2D eigenvalue weighted by Crippen LogP contribution is -1.95. The molecule has 0 aliphatic heterocycles. The fourth-order valence-electron chi connectivity index (χ4n) is 8.66. The second kappa shape index (κ2) is 9.64. The highest BCUT2D eigenvalue weighted by Crippen LogP contribution is 2.58. The molecular formula is C48H28. The Morgan fingerprint density at radius 1 is 0.208 bits per heavy atom. The van der Waals surface area contributed by atoms with Crippen molar-refractivity contribution in [3.8, 4) is 44.5 Å². The van der Waals surface area contributed by atoms with E-state index >= 15 is 0 Å². The Hall–Kier alpha value is -6.24. The molecule has 0 amide bonds. The molecule has 0 heteroatoms. The maximum absolute atomic E-state index is 2.40. The predicted octanol–water partition coefficient (Wildman–Crippen LogP) is 13.6. The van der Waals surface area contributed by atoms with Gasteiger partial charge in [-0.25, -0.2) is 0 Å². The standard InChI is InChI=1S/C48H28/c1-3-13-32-27-42-34(25-30(32)11-1)17-9-21-38(42)45-36-19-5-6-20-37(36)46(48-41-24-8-16-29-15-7-23-40(44(29)41)47(45)48)39-22-10-18-35-26-31-12-2-4-14-33(31)28-43(35)39/h1-28H. The number of benzene rings is 10. The van der Waals surface area contributed by atoms with Gasteiger partial charge in [-0.3, -0.25) is 0 Å². The third kappa shape index (κ3) is 3.49. The van der Waals surface area contributed by atoms with Crippen molar-refractivity contribution >= 4 is 64.6 Å². The quantitative estimate of drug-likeness (QED) is 0.172. The van der Waals surface area contributed by atoms with E-state index < -0.39 is 0 Å². The van der Waals surface area contributed by atoms with Crippen LogP contribution in [0.1, 0.15) is 0 Å². The van der Waals surface area contributed by atoms with Crippen LogP contribution in [0.4, 0.5) is 0 Å². The third-order valence-corrected chi connectivity index (χ3v) is 10.7. The third-order valence-electron chi connectivity index (χ3n) is 10.7. The van der Waals surface area contributed by atoms with Crippen LogP contribution in [-0.4, -0.2) is 0 Å². The summed E-state index contributed by atoms with van der Waals surface area (Å²) in [5.74, 6) is 0. The normalized spacial score (nSPS) is 12.2. The Morgan fingerprint density at radius 3 is 1.02 bits per heavy atom. The second-order valence-electron chi connectivity index (χ2n) is 13.2. The van der Waals surface area contributed by atoms with Crippen molar-refractivity contribution in [3.05, 3.63) is 170 Å². The molecule has 0 unspecified atom stereocenters. The average Bonchev–Trinajstić information content (AvgIpc) is 3.47. The van der Waals surface area contributed by atoms with E-state index in [1.54, 1.807) is 0 Å². The molecule has 0 heterocycles. The van der Waals surface area contributed by atoms with Gasteiger partial charge >= 0.3 is 0 Å². The first-order chi connectivity index (χ1) is 23.8. The van der Waals surface area contributed by atoms with E-state index in [0.717, 1.165) is 0 Å². The molecule has 10 aromatic rings. The zero-order valence-corrected chi connectivity index (χ0v) is 26.2. The van der Waals surface area contributed by atoms with Crippen LogP contribution >= 0.6 is 0 Å². The minimum atomic E-state index is 1.27. The van der Waals surface area contributed by atoms with E-state index in [-0.39, 0.29) is 0 Å². The van der Waals surface area contributed by atoms with Crippen LogP contribution in [0.15, 0.2) is 170 Å². The molecule has 0 atom stereocenters. The number of rotatable bonds is 2. The Bertz CT molecular complexity index is 2800. The van der Waals surface area contributed by atoms with Gasteiger partial charge < -0.3 is 0 Å². The van der Waals surface area contributed by atoms with Gasteiger partial charge in [0.1, 0.15) is 0 Å². The largest absolute Gasteiger partial charge is 0.0616 e. The molecule has 10 aromatic carbocycles. The van der Waals surface area contributed by atoms with E-state index in [4.69, 9.17) is 0 Å². The molecule has 0 radical (unpaired) electrons. The lowest BCUT2D eigenvalue weighted by atomic mass is 9.80. The van der Waals surface area contributed by atoms with Crippen LogP contribution in [-0.2, 0) is 0 Å². The van der Waals surface area contributed by atoms with Crippen molar-refractivity contribution in [2.45, 2.75) is 0 Å². The molecule has 0 N–H and O–H groups in total. The van der Waals surface area contributed by atoms with Gasteiger partial charge in [0.2, 0.25) is 0 Å². The van der Waals surface area contributed by atoms with E-state index in [1.165, 1.54) is 109 Å². The molecule has 0 bridgehead atoms. The Morgan fingerprint density at radius 2 is 0.562 bits per heavy atom. The van der Waals surface area contributed by atoms with Crippen molar-refractivity contribution in [2.75, 3.05) is 0 Å². The van der Waals surface area contributed by atoms with Crippen LogP contribution in [0.25, 0.3) is 109 Å². The predicted molar refractivity (Wildman–Crippen MR) is 207 cm³/mol. The first-order valence-electron chi connectivity index (χ1n) is 16.8. The SMILES string of the molecule is c1ccc2cc3c(-c4c5c(c(-c6cccc7cc8ccccc8cc67)c6ccccc46)-c4cccc6cccc-5c46)cccc3cc2c1. The summed E-state index contributed by atoms with van der Waals surface area (Å²) in [6.07, 6.45) is 0. The Kier molecular flexibility index (Phi) is 5.20. The lowest BCUT2D eigenvalue weighted by molar-refractivity contribution is 1.66. The maximum Gasteiger partial charge on any atom is -0.000719 e. The van der Waals surface area contributed by atoms with Crippen molar-refractivity contribution in [1.82, 2.24) is 0 Å². The van der Waals surface area contributed by atoms with E-state index in [9.17, 15) is 0 Å². The van der Waals surface area contributed by atoms with Gasteiger partial charge in [0.25, 0.3) is 0 Å². The minimum Gasteiger partial charge on any atom is -0.0616 e. The van der Waals surface area contributed by atoms with Crippen LogP contribution in [0.5, 0.6) is 0 Å². The molecule has 220 valence electrons. The number of hydrogen-bond acceptors (Lipinski definition) is 0. The fourth-order valence-corrected chi connectivity index (χ4v) is 8.66. The summed E-state index contributed by atoms with van der Waals surface area (Å²) >= 11 is 0. The second-order valence-corrected chi connectivity index (χ2v) is 13.2. The topological polar surface area (TPSA) is 0 Å². The highest BCUT2D eigenvalue weighted by Gasteiger charge is 2.31. The Labute approximate surface area is 278 Å². The van der Waals surface area contributed by atoms with Crippen LogP contribution in [0.3, 0.4) is 0 Å². The highest BCUT2D eigenvalue weighted by atomic mass is 14.3. The summed E-state index contributed by atoms with van der Waals surface area (Å²) < 4.78 is 0. The van der Waals surface area contributed by atoms with Gasteiger partial charge in [0.15, 0.2) is 0 Å². The molecule has 0 fully saturated rings. The molecule has 48 heavy (non-hydrogen) atoms. The first-order valence-corrected chi connectivity index (χ1v) is 16.8. The molecule has 0 nitrogen and oxygen atoms in total. The fraction of sp³-hybridized carbons (Fsp3) is 0. The van der Waals surface area contributed by atoms with Gasteiger partial charge in [0.05, 0.1) is 0 Å². The zero-order chi connectivity index (χ0) is 31.3. The van der Waals surface area contributed by atoms with Crippen LogP contribution in [0, 0.1) is 0 Å². The lowest BCUT2D eigenvalue weighted by Gasteiger charge is -2.22. The number of hydrogen-bond donors (Lipinski definition) is 0. The molecule has 0 saturated heterocycles. The van der Waals surface area contributed by atoms with Crippen molar-refractivity contribution in [2.24, 2.45) is 0 Å². The minimum absolute atomic E-state index is 1.27. The first kappa shape index (κ1) is 25.9. The average molecular weight is 605 g/mol. The summed E-state index contributed by atoms with van der Waals surface area (Å²) in [7, 11) is 0. The number of fused-ring (bicyclic) bond motifs is 8. The van der Waals surface area contributed by atoms with Gasteiger partial charge in [-0.15, -0.1) is 0 Å². The van der Waals surface area contributed by atoms with E-state index in [2.05, 4.69) is 170 Å². The van der Waals surface area contributed by atoms with E-state index in [1.807, 2.05) is 0 Å². The maximum atomic E-state index is 2.40. The van der Waals surface area contributed by atoms with Gasteiger partial charge in [-0.2, -0.15) is 0 Å². The molecule has 0 spiro atoms. The highest BCUT2D eigenvalue weighted by molar-refractivity contribution is 6.30. The van der Waals surface area contributed by atoms with Crippen molar-refractivity contribution in [3.63, 3.8) is 0 Å². The van der Waals surface area contributed by atoms with Crippen molar-refractivity contribution in [1.29, 1.82) is 0 Å². The zero-order valence-electron chi connectivity index (χ0n) is 26.2. The van der Waals surface area contributed by atoms with Gasteiger partial charge in [0, 0.05) is 0 Å². The smallest absolute Gasteiger partial charge is 0.000719 e. The summed E-state index contributed by atoms with van der Waals surface area (Å²) in [6.45, 7) is 0. The van der Waals surface area contributed by atoms with Crippen molar-refractivity contribution < 1.29 is 0 Å². The summed E-state index contributed by atoms with van der Waals surface area (Å²) in [5, 5.41) is 15.4. The molecule has 11 rings (SSSR count). The summed E-state index contributed by atoms with van der Waals surface area (Å²) in [5.41, 5.74) is 10.5. The summed E-state index contributed by atoms with van der Waals surface area (Å²) in [6, 6.07) is 63.4. The van der Waals surface area contributed by atoms with Gasteiger partial charge in [-0.1, -0.05) is 146 Å². The van der Waals surface area contributed by atoms with Gasteiger partial charge in [-0.05, 0) is 133 Å². The molecule has 1 aliphatic rings. The van der Waals surface area contributed by atoms with E-state index in [0.29, 0.717) is 0 Å². The molecule has 0 aromatic heterocycles. The monoisotopic (exact) mass is 604 g/mol. The summed E-state index contributed by atoms with van der Waals surface area (Å²) in [4.78, 5) is 0.